The summed E-state index contributed by atoms with van der Waals surface area (Å²) in [6.45, 7) is 11.3. The number of halogens is 2. The molecule has 0 spiro atoms. The first-order valence-electron chi connectivity index (χ1n) is 10.2. The van der Waals surface area contributed by atoms with Crippen LogP contribution in [0.4, 0.5) is 0 Å². The van der Waals surface area contributed by atoms with Crippen LogP contribution in [-0.4, -0.2) is 18.2 Å². The lowest BCUT2D eigenvalue weighted by molar-refractivity contribution is -0.919. The summed E-state index contributed by atoms with van der Waals surface area (Å²) in [6, 6.07) is 8.18. The number of quaternary nitrogens is 1. The monoisotopic (exact) mass is 448 g/mol. The summed E-state index contributed by atoms with van der Waals surface area (Å²) in [4.78, 5) is 14.6. The number of rotatable bonds is 7. The summed E-state index contributed by atoms with van der Waals surface area (Å²) in [5.41, 5.74) is 1.84. The minimum atomic E-state index is -0.184. The zero-order valence-electron chi connectivity index (χ0n) is 17.8. The van der Waals surface area contributed by atoms with E-state index in [4.69, 9.17) is 27.6 Å². The van der Waals surface area contributed by atoms with Crippen molar-refractivity contribution in [2.75, 3.05) is 13.1 Å². The molecule has 0 amide bonds. The molecule has 0 atom stereocenters. The van der Waals surface area contributed by atoms with Crippen molar-refractivity contribution in [1.82, 2.24) is 0 Å². The van der Waals surface area contributed by atoms with Crippen LogP contribution in [0.3, 0.4) is 0 Å². The maximum atomic E-state index is 13.2. The summed E-state index contributed by atoms with van der Waals surface area (Å²) < 4.78 is 5.92. The summed E-state index contributed by atoms with van der Waals surface area (Å²) in [5.74, 6) is 1.18. The average Bonchev–Trinajstić information content (AvgIpc) is 2.64. The first kappa shape index (κ1) is 22.7. The highest BCUT2D eigenvalue weighted by molar-refractivity contribution is 6.36. The molecular formula is C24H28Cl2NO3+. The minimum absolute atomic E-state index is 0.146. The van der Waals surface area contributed by atoms with Gasteiger partial charge in [0.15, 0.2) is 0 Å². The van der Waals surface area contributed by atoms with E-state index in [2.05, 4.69) is 27.7 Å². The van der Waals surface area contributed by atoms with Crippen molar-refractivity contribution in [3.05, 3.63) is 62.4 Å². The molecule has 0 unspecified atom stereocenters. The Morgan fingerprint density at radius 3 is 2.27 bits per heavy atom. The molecule has 2 N–H and O–H groups in total. The van der Waals surface area contributed by atoms with Gasteiger partial charge in [0.25, 0.3) is 0 Å². The van der Waals surface area contributed by atoms with Crippen LogP contribution in [0.25, 0.3) is 22.1 Å². The standard InChI is InChI=1S/C24H27Cl2NO3/c1-14(2)10-27(11-15(3)4)12-19-22(28)8-7-18-23(29)20(13-30-24(18)19)17-6-5-16(25)9-21(17)26/h5-9,13-15,28H,10-12H2,1-4H3/p+1. The number of benzene rings is 2. The Hall–Kier alpha value is -2.01. The van der Waals surface area contributed by atoms with E-state index in [9.17, 15) is 9.90 Å². The number of phenolic OH excluding ortho intramolecular Hbond substituents is 1. The highest BCUT2D eigenvalue weighted by atomic mass is 35.5. The zero-order valence-corrected chi connectivity index (χ0v) is 19.3. The quantitative estimate of drug-likeness (QED) is 0.523. The van der Waals surface area contributed by atoms with Gasteiger partial charge in [0, 0.05) is 22.4 Å². The normalized spacial score (nSPS) is 11.9. The van der Waals surface area contributed by atoms with Gasteiger partial charge in [-0.15, -0.1) is 0 Å². The second-order valence-corrected chi connectivity index (χ2v) is 9.51. The van der Waals surface area contributed by atoms with Gasteiger partial charge >= 0.3 is 0 Å². The van der Waals surface area contributed by atoms with E-state index in [1.54, 1.807) is 30.3 Å². The van der Waals surface area contributed by atoms with E-state index in [1.807, 2.05) is 0 Å². The second-order valence-electron chi connectivity index (χ2n) is 8.67. The Balaban J connectivity index is 2.09. The number of hydrogen-bond donors (Lipinski definition) is 2. The molecule has 0 aliphatic carbocycles. The van der Waals surface area contributed by atoms with Gasteiger partial charge in [-0.2, -0.15) is 0 Å². The fourth-order valence-electron chi connectivity index (χ4n) is 3.94. The Morgan fingerprint density at radius 2 is 1.67 bits per heavy atom. The molecule has 30 heavy (non-hydrogen) atoms. The summed E-state index contributed by atoms with van der Waals surface area (Å²) in [7, 11) is 0. The molecule has 1 aromatic heterocycles. The largest absolute Gasteiger partial charge is 0.507 e. The van der Waals surface area contributed by atoms with Crippen molar-refractivity contribution in [2.45, 2.75) is 34.2 Å². The van der Waals surface area contributed by atoms with Crippen LogP contribution in [0.2, 0.25) is 10.0 Å². The number of nitrogens with one attached hydrogen (secondary N) is 1. The van der Waals surface area contributed by atoms with Crippen LogP contribution >= 0.6 is 23.2 Å². The van der Waals surface area contributed by atoms with Crippen molar-refractivity contribution in [1.29, 1.82) is 0 Å². The first-order chi connectivity index (χ1) is 14.2. The van der Waals surface area contributed by atoms with E-state index in [0.29, 0.717) is 56.1 Å². The average molecular weight is 449 g/mol. The summed E-state index contributed by atoms with van der Waals surface area (Å²) in [6.07, 6.45) is 1.42. The van der Waals surface area contributed by atoms with Gasteiger partial charge in [-0.25, -0.2) is 0 Å². The first-order valence-corrected chi connectivity index (χ1v) is 11.0. The van der Waals surface area contributed by atoms with E-state index >= 15 is 0 Å². The fourth-order valence-corrected chi connectivity index (χ4v) is 4.45. The Morgan fingerprint density at radius 1 is 1.00 bits per heavy atom. The van der Waals surface area contributed by atoms with Gasteiger partial charge < -0.3 is 14.4 Å². The van der Waals surface area contributed by atoms with Crippen molar-refractivity contribution >= 4 is 34.2 Å². The molecule has 6 heteroatoms. The molecule has 0 fully saturated rings. The highest BCUT2D eigenvalue weighted by Crippen LogP contribution is 2.31. The predicted molar refractivity (Wildman–Crippen MR) is 124 cm³/mol. The lowest BCUT2D eigenvalue weighted by Crippen LogP contribution is -3.11. The van der Waals surface area contributed by atoms with Gasteiger partial charge in [-0.05, 0) is 24.3 Å². The number of fused-ring (bicyclic) bond motifs is 1. The molecular weight excluding hydrogens is 421 g/mol. The Bertz CT molecular complexity index is 1100. The molecule has 160 valence electrons. The van der Waals surface area contributed by atoms with Crippen LogP contribution in [0.5, 0.6) is 5.75 Å². The molecule has 3 aromatic rings. The third kappa shape index (κ3) is 5.00. The smallest absolute Gasteiger partial charge is 0.200 e. The van der Waals surface area contributed by atoms with Crippen LogP contribution in [0.15, 0.2) is 45.8 Å². The van der Waals surface area contributed by atoms with Crippen LogP contribution in [0.1, 0.15) is 33.3 Å². The maximum Gasteiger partial charge on any atom is 0.200 e. The van der Waals surface area contributed by atoms with Crippen LogP contribution in [0, 0.1) is 11.8 Å². The van der Waals surface area contributed by atoms with Gasteiger partial charge in [-0.3, -0.25) is 4.79 Å². The van der Waals surface area contributed by atoms with Crippen molar-refractivity contribution in [2.24, 2.45) is 11.8 Å². The molecule has 0 radical (unpaired) electrons. The van der Waals surface area contributed by atoms with Gasteiger partial charge in [-0.1, -0.05) is 57.0 Å². The molecule has 0 saturated heterocycles. The minimum Gasteiger partial charge on any atom is -0.507 e. The summed E-state index contributed by atoms with van der Waals surface area (Å²) >= 11 is 12.3. The van der Waals surface area contributed by atoms with E-state index in [-0.39, 0.29) is 11.2 Å². The molecule has 0 aliphatic heterocycles. The van der Waals surface area contributed by atoms with Crippen LogP contribution in [-0.2, 0) is 6.54 Å². The lowest BCUT2D eigenvalue weighted by Gasteiger charge is -2.24. The molecule has 3 rings (SSSR count). The number of hydrogen-bond acceptors (Lipinski definition) is 3. The fraction of sp³-hybridized carbons (Fsp3) is 0.375. The Labute approximate surface area is 187 Å². The summed E-state index contributed by atoms with van der Waals surface area (Å²) in [5, 5.41) is 11.9. The molecule has 0 saturated carbocycles. The number of phenols is 1. The van der Waals surface area contributed by atoms with Crippen molar-refractivity contribution in [3.8, 4) is 16.9 Å². The lowest BCUT2D eigenvalue weighted by atomic mass is 10.0. The van der Waals surface area contributed by atoms with Crippen molar-refractivity contribution in [3.63, 3.8) is 0 Å². The SMILES string of the molecule is CC(C)C[NH+](Cc1c(O)ccc2c(=O)c(-c3ccc(Cl)cc3Cl)coc12)CC(C)C. The third-order valence-corrected chi connectivity index (χ3v) is 5.61. The molecule has 1 heterocycles. The second kappa shape index (κ2) is 9.42. The predicted octanol–water partition coefficient (Wildman–Crippen LogP) is 5.17. The van der Waals surface area contributed by atoms with E-state index in [0.717, 1.165) is 13.1 Å². The van der Waals surface area contributed by atoms with Gasteiger partial charge in [0.1, 0.15) is 24.1 Å². The topological polar surface area (TPSA) is 54.9 Å². The molecule has 0 bridgehead atoms. The highest BCUT2D eigenvalue weighted by Gasteiger charge is 2.21. The van der Waals surface area contributed by atoms with Gasteiger partial charge in [0.05, 0.1) is 34.6 Å². The van der Waals surface area contributed by atoms with Crippen molar-refractivity contribution < 1.29 is 14.4 Å². The molecule has 4 nitrogen and oxygen atoms in total. The third-order valence-electron chi connectivity index (χ3n) is 5.06. The van der Waals surface area contributed by atoms with Gasteiger partial charge in [0.2, 0.25) is 5.43 Å². The molecule has 0 aliphatic rings. The van der Waals surface area contributed by atoms with Crippen LogP contribution < -0.4 is 10.3 Å². The Kier molecular flexibility index (Phi) is 7.12. The zero-order chi connectivity index (χ0) is 22.0. The van der Waals surface area contributed by atoms with E-state index in [1.165, 1.54) is 11.2 Å². The van der Waals surface area contributed by atoms with E-state index < -0.39 is 0 Å². The number of aromatic hydroxyl groups is 1. The maximum absolute atomic E-state index is 13.2. The molecule has 2 aromatic carbocycles.